The van der Waals surface area contributed by atoms with Gasteiger partial charge in [-0.1, -0.05) is 0 Å². The number of ether oxygens (including phenoxy) is 1. The topological polar surface area (TPSA) is 82.3 Å². The highest BCUT2D eigenvalue weighted by atomic mass is 19.3. The minimum atomic E-state index is -3.08. The van der Waals surface area contributed by atoms with Gasteiger partial charge in [-0.15, -0.1) is 0 Å². The lowest BCUT2D eigenvalue weighted by molar-refractivity contribution is -0.386. The van der Waals surface area contributed by atoms with Crippen LogP contribution >= 0.6 is 0 Å². The zero-order valence-electron chi connectivity index (χ0n) is 8.02. The maximum absolute atomic E-state index is 12.3. The Morgan fingerprint density at radius 2 is 2.25 bits per heavy atom. The molecule has 16 heavy (non-hydrogen) atoms. The predicted octanol–water partition coefficient (Wildman–Crippen LogP) is 1.71. The molecule has 0 saturated heterocycles. The number of nitrogens with zero attached hydrogens (tertiary/aromatic N) is 2. The molecule has 1 aromatic heterocycles. The van der Waals surface area contributed by atoms with Crippen LogP contribution in [0.3, 0.4) is 0 Å². The Labute approximate surface area is 88.0 Å². The molecule has 0 N–H and O–H groups in total. The highest BCUT2D eigenvalue weighted by molar-refractivity contribution is 5.89. The van der Waals surface area contributed by atoms with Crippen molar-refractivity contribution in [1.29, 1.82) is 0 Å². The molecule has 0 aliphatic heterocycles. The molecule has 1 heterocycles. The van der Waals surface area contributed by atoms with Crippen molar-refractivity contribution in [3.63, 3.8) is 0 Å². The van der Waals surface area contributed by atoms with E-state index < -0.39 is 28.7 Å². The lowest BCUT2D eigenvalue weighted by atomic mass is 10.2. The summed E-state index contributed by atoms with van der Waals surface area (Å²) in [5, 5.41) is 10.5. The summed E-state index contributed by atoms with van der Waals surface area (Å²) in [6.45, 7) is 0. The Morgan fingerprint density at radius 1 is 1.62 bits per heavy atom. The fourth-order valence-corrected chi connectivity index (χ4v) is 1.01. The summed E-state index contributed by atoms with van der Waals surface area (Å²) in [5.41, 5.74) is -2.13. The third kappa shape index (κ3) is 2.27. The molecule has 1 aromatic rings. The van der Waals surface area contributed by atoms with E-state index in [9.17, 15) is 23.7 Å². The molecular weight excluding hydrogens is 226 g/mol. The normalized spacial score (nSPS) is 10.2. The molecule has 6 nitrogen and oxygen atoms in total. The van der Waals surface area contributed by atoms with Gasteiger partial charge in [0.15, 0.2) is 5.69 Å². The maximum atomic E-state index is 12.3. The first kappa shape index (κ1) is 12.0. The number of hydrogen-bond acceptors (Lipinski definition) is 5. The van der Waals surface area contributed by atoms with E-state index in [0.29, 0.717) is 6.07 Å². The lowest BCUT2D eigenvalue weighted by Gasteiger charge is -2.02. The molecule has 0 radical (unpaired) electrons. The van der Waals surface area contributed by atoms with Crippen molar-refractivity contribution in [2.24, 2.45) is 0 Å². The number of carbonyl (C=O) groups is 1. The van der Waals surface area contributed by atoms with E-state index in [1.807, 2.05) is 0 Å². The highest BCUT2D eigenvalue weighted by Crippen LogP contribution is 2.27. The number of esters is 1. The molecule has 0 bridgehead atoms. The molecule has 0 aliphatic rings. The number of methoxy groups -OCH3 is 1. The highest BCUT2D eigenvalue weighted by Gasteiger charge is 2.25. The second-order valence-electron chi connectivity index (χ2n) is 2.68. The van der Waals surface area contributed by atoms with Gasteiger partial charge in [0, 0.05) is 12.3 Å². The molecular formula is C8H6F2N2O4. The molecule has 0 amide bonds. The SMILES string of the molecule is COC(=O)c1cnc(C(F)F)c([N+](=O)[O-])c1. The predicted molar refractivity (Wildman–Crippen MR) is 47.2 cm³/mol. The van der Waals surface area contributed by atoms with Crippen LogP contribution < -0.4 is 0 Å². The lowest BCUT2D eigenvalue weighted by Crippen LogP contribution is -2.06. The summed E-state index contributed by atoms with van der Waals surface area (Å²) in [5.74, 6) is -0.878. The Balaban J connectivity index is 3.28. The van der Waals surface area contributed by atoms with E-state index in [2.05, 4.69) is 9.72 Å². The smallest absolute Gasteiger partial charge is 0.339 e. The third-order valence-electron chi connectivity index (χ3n) is 1.72. The van der Waals surface area contributed by atoms with E-state index in [0.717, 1.165) is 13.3 Å². The fourth-order valence-electron chi connectivity index (χ4n) is 1.01. The van der Waals surface area contributed by atoms with Gasteiger partial charge in [0.05, 0.1) is 17.6 Å². The van der Waals surface area contributed by atoms with Gasteiger partial charge in [0.1, 0.15) is 0 Å². The average molecular weight is 232 g/mol. The summed E-state index contributed by atoms with van der Waals surface area (Å²) < 4.78 is 28.9. The van der Waals surface area contributed by atoms with E-state index in [1.165, 1.54) is 0 Å². The van der Waals surface area contributed by atoms with Gasteiger partial charge in [-0.05, 0) is 0 Å². The summed E-state index contributed by atoms with van der Waals surface area (Å²) in [7, 11) is 1.06. The maximum Gasteiger partial charge on any atom is 0.339 e. The molecule has 0 saturated carbocycles. The van der Waals surface area contributed by atoms with Crippen molar-refractivity contribution in [1.82, 2.24) is 4.98 Å². The van der Waals surface area contributed by atoms with Crippen LogP contribution in [-0.4, -0.2) is 23.0 Å². The first-order chi connectivity index (χ1) is 7.47. The summed E-state index contributed by atoms with van der Waals surface area (Å²) in [6, 6.07) is 0.709. The van der Waals surface area contributed by atoms with Gasteiger partial charge >= 0.3 is 5.97 Å². The van der Waals surface area contributed by atoms with Crippen molar-refractivity contribution in [2.45, 2.75) is 6.43 Å². The van der Waals surface area contributed by atoms with Gasteiger partial charge in [-0.3, -0.25) is 10.1 Å². The van der Waals surface area contributed by atoms with Crippen molar-refractivity contribution >= 4 is 11.7 Å². The molecule has 0 fully saturated rings. The summed E-state index contributed by atoms with van der Waals surface area (Å²) in [4.78, 5) is 23.6. The van der Waals surface area contributed by atoms with Gasteiger partial charge in [0.2, 0.25) is 0 Å². The molecule has 8 heteroatoms. The molecule has 0 aromatic carbocycles. The fraction of sp³-hybridized carbons (Fsp3) is 0.250. The number of nitro groups is 1. The number of halogens is 2. The Hall–Kier alpha value is -2.12. The number of rotatable bonds is 3. The van der Waals surface area contributed by atoms with E-state index in [1.54, 1.807) is 0 Å². The van der Waals surface area contributed by atoms with Crippen molar-refractivity contribution in [3.05, 3.63) is 33.6 Å². The monoisotopic (exact) mass is 232 g/mol. The van der Waals surface area contributed by atoms with Crippen LogP contribution in [0.1, 0.15) is 22.5 Å². The second-order valence-corrected chi connectivity index (χ2v) is 2.68. The third-order valence-corrected chi connectivity index (χ3v) is 1.72. The molecule has 1 rings (SSSR count). The van der Waals surface area contributed by atoms with E-state index >= 15 is 0 Å². The first-order valence-electron chi connectivity index (χ1n) is 3.98. The van der Waals surface area contributed by atoms with Crippen LogP contribution in [0, 0.1) is 10.1 Å². The molecule has 0 unspecified atom stereocenters. The minimum Gasteiger partial charge on any atom is -0.465 e. The number of pyridine rings is 1. The quantitative estimate of drug-likeness (QED) is 0.450. The Kier molecular flexibility index (Phi) is 3.44. The summed E-state index contributed by atoms with van der Waals surface area (Å²) in [6.07, 6.45) is -2.27. The zero-order valence-corrected chi connectivity index (χ0v) is 8.02. The number of alkyl halides is 2. The molecule has 86 valence electrons. The Bertz CT molecular complexity index is 436. The van der Waals surface area contributed by atoms with Gasteiger partial charge in [-0.25, -0.2) is 18.6 Å². The van der Waals surface area contributed by atoms with Crippen molar-refractivity contribution < 1.29 is 23.2 Å². The van der Waals surface area contributed by atoms with Crippen LogP contribution in [0.15, 0.2) is 12.3 Å². The van der Waals surface area contributed by atoms with Crippen LogP contribution in [0.5, 0.6) is 0 Å². The second kappa shape index (κ2) is 4.60. The van der Waals surface area contributed by atoms with Crippen LogP contribution in [-0.2, 0) is 4.74 Å². The average Bonchev–Trinajstić information content (AvgIpc) is 2.26. The van der Waals surface area contributed by atoms with Gasteiger partial charge < -0.3 is 4.74 Å². The molecule has 0 spiro atoms. The summed E-state index contributed by atoms with van der Waals surface area (Å²) >= 11 is 0. The van der Waals surface area contributed by atoms with Crippen molar-refractivity contribution in [3.8, 4) is 0 Å². The number of carbonyl (C=O) groups excluding carboxylic acids is 1. The van der Waals surface area contributed by atoms with Crippen LogP contribution in [0.2, 0.25) is 0 Å². The number of aromatic nitrogens is 1. The number of hydrogen-bond donors (Lipinski definition) is 0. The van der Waals surface area contributed by atoms with Crippen molar-refractivity contribution in [2.75, 3.05) is 7.11 Å². The van der Waals surface area contributed by atoms with Crippen LogP contribution in [0.25, 0.3) is 0 Å². The molecule has 0 aliphatic carbocycles. The Morgan fingerprint density at radius 3 is 2.69 bits per heavy atom. The van der Waals surface area contributed by atoms with Gasteiger partial charge in [0.25, 0.3) is 12.1 Å². The standard InChI is InChI=1S/C8H6F2N2O4/c1-16-8(13)4-2-5(12(14)15)6(7(9)10)11-3-4/h2-3,7H,1H3. The molecule has 0 atom stereocenters. The minimum absolute atomic E-state index is 0.251. The zero-order chi connectivity index (χ0) is 12.3. The first-order valence-corrected chi connectivity index (χ1v) is 3.98. The largest absolute Gasteiger partial charge is 0.465 e. The van der Waals surface area contributed by atoms with E-state index in [4.69, 9.17) is 0 Å². The van der Waals surface area contributed by atoms with E-state index in [-0.39, 0.29) is 5.56 Å². The van der Waals surface area contributed by atoms with Gasteiger partial charge in [-0.2, -0.15) is 0 Å². The van der Waals surface area contributed by atoms with Crippen LogP contribution in [0.4, 0.5) is 14.5 Å².